The monoisotopic (exact) mass is 169 g/mol. The molecule has 2 N–H and O–H groups in total. The summed E-state index contributed by atoms with van der Waals surface area (Å²) < 4.78 is 0. The van der Waals surface area contributed by atoms with E-state index >= 15 is 0 Å². The van der Waals surface area contributed by atoms with Gasteiger partial charge in [-0.15, -0.1) is 0 Å². The van der Waals surface area contributed by atoms with E-state index in [9.17, 15) is 0 Å². The summed E-state index contributed by atoms with van der Waals surface area (Å²) in [6.45, 7) is 0. The molecule has 0 atom stereocenters. The normalized spacial score (nSPS) is 16.8. The molecule has 3 nitrogen and oxygen atoms in total. The van der Waals surface area contributed by atoms with Gasteiger partial charge in [0.15, 0.2) is 0 Å². The molecule has 0 radical (unpaired) electrons. The molecule has 58 valence electrons. The highest BCUT2D eigenvalue weighted by Gasteiger charge is 2.26. The maximum Gasteiger partial charge on any atom is 0.221 e. The highest BCUT2D eigenvalue weighted by atomic mass is 35.5. The van der Waals surface area contributed by atoms with Crippen LogP contribution in [0.5, 0.6) is 0 Å². The maximum atomic E-state index is 5.83. The lowest BCUT2D eigenvalue weighted by Crippen LogP contribution is -1.96. The zero-order valence-electron chi connectivity index (χ0n) is 5.92. The summed E-state index contributed by atoms with van der Waals surface area (Å²) in [4.78, 5) is 7.75. The average Bonchev–Trinajstić information content (AvgIpc) is 2.70. The highest BCUT2D eigenvalue weighted by Crippen LogP contribution is 2.42. The Morgan fingerprint density at radius 1 is 1.55 bits per heavy atom. The average molecular weight is 170 g/mol. The summed E-state index contributed by atoms with van der Waals surface area (Å²) >= 11 is 5.83. The van der Waals surface area contributed by atoms with Gasteiger partial charge in [0.05, 0.1) is 0 Å². The van der Waals surface area contributed by atoms with Gasteiger partial charge in [0.2, 0.25) is 5.95 Å². The number of nitrogens with zero attached hydrogens (tertiary/aromatic N) is 2. The van der Waals surface area contributed by atoms with Crippen LogP contribution in [0.3, 0.4) is 0 Å². The number of hydrogen-bond acceptors (Lipinski definition) is 3. The van der Waals surface area contributed by atoms with Gasteiger partial charge in [-0.3, -0.25) is 0 Å². The van der Waals surface area contributed by atoms with Gasteiger partial charge < -0.3 is 5.73 Å². The van der Waals surface area contributed by atoms with Crippen molar-refractivity contribution >= 4 is 17.5 Å². The fourth-order valence-corrected chi connectivity index (χ4v) is 1.34. The lowest BCUT2D eigenvalue weighted by molar-refractivity contribution is 1.04. The van der Waals surface area contributed by atoms with Crippen molar-refractivity contribution in [3.63, 3.8) is 0 Å². The Balaban J connectivity index is 2.39. The van der Waals surface area contributed by atoms with Crippen molar-refractivity contribution in [2.75, 3.05) is 5.73 Å². The molecule has 0 spiro atoms. The molecule has 1 aliphatic carbocycles. The summed E-state index contributed by atoms with van der Waals surface area (Å²) in [5, 5.41) is 0.514. The van der Waals surface area contributed by atoms with Crippen LogP contribution in [-0.2, 0) is 0 Å². The predicted molar refractivity (Wildman–Crippen MR) is 43.4 cm³/mol. The smallest absolute Gasteiger partial charge is 0.221 e. The molecule has 1 aliphatic rings. The first kappa shape index (κ1) is 6.85. The molecular formula is C7H8ClN3. The van der Waals surface area contributed by atoms with E-state index in [2.05, 4.69) is 9.97 Å². The fraction of sp³-hybridized carbons (Fsp3) is 0.429. The topological polar surface area (TPSA) is 51.8 Å². The molecule has 1 heterocycles. The zero-order chi connectivity index (χ0) is 7.84. The lowest BCUT2D eigenvalue weighted by Gasteiger charge is -1.99. The van der Waals surface area contributed by atoms with Crippen LogP contribution in [0, 0.1) is 0 Å². The molecular weight excluding hydrogens is 162 g/mol. The molecule has 11 heavy (non-hydrogen) atoms. The van der Waals surface area contributed by atoms with Crippen molar-refractivity contribution < 1.29 is 0 Å². The number of rotatable bonds is 1. The molecule has 0 aromatic carbocycles. The van der Waals surface area contributed by atoms with Gasteiger partial charge in [0.25, 0.3) is 0 Å². The SMILES string of the molecule is Nc1ncc(C2CC2)c(Cl)n1. The van der Waals surface area contributed by atoms with Gasteiger partial charge in [0.1, 0.15) is 5.15 Å². The zero-order valence-corrected chi connectivity index (χ0v) is 6.67. The molecule has 1 saturated carbocycles. The molecule has 0 aliphatic heterocycles. The number of hydrogen-bond donors (Lipinski definition) is 1. The second-order valence-corrected chi connectivity index (χ2v) is 3.11. The number of halogens is 1. The minimum absolute atomic E-state index is 0.249. The number of aromatic nitrogens is 2. The Kier molecular flexibility index (Phi) is 1.46. The molecule has 4 heteroatoms. The van der Waals surface area contributed by atoms with Crippen molar-refractivity contribution in [3.05, 3.63) is 16.9 Å². The van der Waals surface area contributed by atoms with Gasteiger partial charge in [-0.05, 0) is 18.8 Å². The maximum absolute atomic E-state index is 5.83. The third-order valence-electron chi connectivity index (χ3n) is 1.80. The molecule has 0 bridgehead atoms. The Bertz CT molecular complexity index is 283. The van der Waals surface area contributed by atoms with Gasteiger partial charge in [0, 0.05) is 11.8 Å². The summed E-state index contributed by atoms with van der Waals surface area (Å²) in [5.41, 5.74) is 6.38. The van der Waals surface area contributed by atoms with Gasteiger partial charge >= 0.3 is 0 Å². The standard InChI is InChI=1S/C7H8ClN3/c8-6-5(4-1-2-4)3-10-7(9)11-6/h3-4H,1-2H2,(H2,9,10,11). The predicted octanol–water partition coefficient (Wildman–Crippen LogP) is 1.59. The van der Waals surface area contributed by atoms with Crippen LogP contribution < -0.4 is 5.73 Å². The molecule has 1 aromatic rings. The minimum Gasteiger partial charge on any atom is -0.368 e. The third-order valence-corrected chi connectivity index (χ3v) is 2.11. The van der Waals surface area contributed by atoms with E-state index < -0.39 is 0 Å². The van der Waals surface area contributed by atoms with Crippen molar-refractivity contribution in [1.82, 2.24) is 9.97 Å². The molecule has 1 fully saturated rings. The van der Waals surface area contributed by atoms with Crippen LogP contribution in [0.1, 0.15) is 24.3 Å². The summed E-state index contributed by atoms with van der Waals surface area (Å²) in [6.07, 6.45) is 4.13. The van der Waals surface area contributed by atoms with Crippen molar-refractivity contribution in [3.8, 4) is 0 Å². The van der Waals surface area contributed by atoms with Crippen molar-refractivity contribution in [2.45, 2.75) is 18.8 Å². The quantitative estimate of drug-likeness (QED) is 0.650. The van der Waals surface area contributed by atoms with E-state index in [0.717, 1.165) is 5.56 Å². The van der Waals surface area contributed by atoms with Gasteiger partial charge in [-0.1, -0.05) is 11.6 Å². The minimum atomic E-state index is 0.249. The summed E-state index contributed by atoms with van der Waals surface area (Å²) in [7, 11) is 0. The van der Waals surface area contributed by atoms with Crippen LogP contribution in [0.15, 0.2) is 6.20 Å². The van der Waals surface area contributed by atoms with E-state index in [1.807, 2.05) is 0 Å². The first-order chi connectivity index (χ1) is 5.27. The molecule has 1 aromatic heterocycles. The van der Waals surface area contributed by atoms with Crippen molar-refractivity contribution in [1.29, 1.82) is 0 Å². The summed E-state index contributed by atoms with van der Waals surface area (Å²) in [6, 6.07) is 0. The fourth-order valence-electron chi connectivity index (χ4n) is 1.05. The third kappa shape index (κ3) is 1.28. The first-order valence-electron chi connectivity index (χ1n) is 3.55. The molecule has 2 rings (SSSR count). The van der Waals surface area contributed by atoms with Crippen LogP contribution in [0.25, 0.3) is 0 Å². The van der Waals surface area contributed by atoms with Crippen LogP contribution in [0.4, 0.5) is 5.95 Å². The second kappa shape index (κ2) is 2.34. The van der Waals surface area contributed by atoms with E-state index in [1.165, 1.54) is 12.8 Å². The van der Waals surface area contributed by atoms with Crippen LogP contribution in [0.2, 0.25) is 5.15 Å². The largest absolute Gasteiger partial charge is 0.368 e. The van der Waals surface area contributed by atoms with Gasteiger partial charge in [-0.2, -0.15) is 0 Å². The van der Waals surface area contributed by atoms with Crippen molar-refractivity contribution in [2.24, 2.45) is 0 Å². The highest BCUT2D eigenvalue weighted by molar-refractivity contribution is 6.30. The number of nitrogens with two attached hydrogens (primary N) is 1. The van der Waals surface area contributed by atoms with Gasteiger partial charge in [-0.25, -0.2) is 9.97 Å². The number of anilines is 1. The number of nitrogen functional groups attached to an aromatic ring is 1. The second-order valence-electron chi connectivity index (χ2n) is 2.75. The lowest BCUT2D eigenvalue weighted by atomic mass is 10.2. The van der Waals surface area contributed by atoms with Crippen LogP contribution in [-0.4, -0.2) is 9.97 Å². The first-order valence-corrected chi connectivity index (χ1v) is 3.93. The Labute approximate surface area is 69.6 Å². The Morgan fingerprint density at radius 3 is 2.82 bits per heavy atom. The van der Waals surface area contributed by atoms with E-state index in [1.54, 1.807) is 6.20 Å². The molecule has 0 unspecified atom stereocenters. The molecule has 0 saturated heterocycles. The molecule has 0 amide bonds. The van der Waals surface area contributed by atoms with E-state index in [0.29, 0.717) is 11.1 Å². The van der Waals surface area contributed by atoms with E-state index in [-0.39, 0.29) is 5.95 Å². The summed E-state index contributed by atoms with van der Waals surface area (Å²) in [5.74, 6) is 0.836. The van der Waals surface area contributed by atoms with Crippen LogP contribution >= 0.6 is 11.6 Å². The van der Waals surface area contributed by atoms with E-state index in [4.69, 9.17) is 17.3 Å². The Morgan fingerprint density at radius 2 is 2.27 bits per heavy atom. The Hall–Kier alpha value is -0.830.